The molecule has 0 spiro atoms. The molecule has 0 aliphatic rings. The quantitative estimate of drug-likeness (QED) is 0.751. The fourth-order valence-electron chi connectivity index (χ4n) is 1.33. The first-order chi connectivity index (χ1) is 7.00. The molecule has 5 heteroatoms. The molecular formula is C10H13NO4. The molecule has 1 N–H and O–H groups in total. The zero-order valence-corrected chi connectivity index (χ0v) is 8.87. The van der Waals surface area contributed by atoms with E-state index in [0.29, 0.717) is 5.76 Å². The number of ether oxygens (including phenoxy) is 1. The van der Waals surface area contributed by atoms with Gasteiger partial charge in [-0.15, -0.1) is 0 Å². The lowest BCUT2D eigenvalue weighted by Crippen LogP contribution is -2.49. The van der Waals surface area contributed by atoms with Gasteiger partial charge in [0.2, 0.25) is 5.91 Å². The number of hydrogen-bond donors (Lipinski definition) is 1. The average molecular weight is 211 g/mol. The Bertz CT molecular complexity index is 358. The third-order valence-electron chi connectivity index (χ3n) is 2.03. The molecule has 0 fully saturated rings. The molecule has 1 unspecified atom stereocenters. The summed E-state index contributed by atoms with van der Waals surface area (Å²) in [6.07, 6.45) is 1.43. The van der Waals surface area contributed by atoms with Gasteiger partial charge in [0.05, 0.1) is 13.4 Å². The third-order valence-corrected chi connectivity index (χ3v) is 2.03. The molecular weight excluding hydrogens is 198 g/mol. The Morgan fingerprint density at radius 1 is 1.53 bits per heavy atom. The Morgan fingerprint density at radius 3 is 2.60 bits per heavy atom. The lowest BCUT2D eigenvalue weighted by Gasteiger charge is -2.24. The van der Waals surface area contributed by atoms with E-state index in [9.17, 15) is 9.59 Å². The number of rotatable bonds is 3. The molecule has 5 nitrogen and oxygen atoms in total. The number of furan rings is 1. The molecule has 0 bridgehead atoms. The van der Waals surface area contributed by atoms with Crippen LogP contribution in [0.3, 0.4) is 0 Å². The molecule has 1 amide bonds. The molecule has 0 saturated heterocycles. The highest BCUT2D eigenvalue weighted by molar-refractivity contribution is 5.87. The number of amides is 1. The molecule has 0 aliphatic heterocycles. The largest absolute Gasteiger partial charge is 0.467 e. The summed E-state index contributed by atoms with van der Waals surface area (Å²) in [7, 11) is 1.26. The minimum atomic E-state index is -1.27. The van der Waals surface area contributed by atoms with Crippen molar-refractivity contribution in [2.24, 2.45) is 0 Å². The summed E-state index contributed by atoms with van der Waals surface area (Å²) in [6.45, 7) is 2.85. The van der Waals surface area contributed by atoms with Gasteiger partial charge in [0.25, 0.3) is 0 Å². The zero-order valence-electron chi connectivity index (χ0n) is 8.87. The summed E-state index contributed by atoms with van der Waals surface area (Å²) >= 11 is 0. The van der Waals surface area contributed by atoms with Crippen LogP contribution in [0.15, 0.2) is 22.8 Å². The van der Waals surface area contributed by atoms with E-state index in [4.69, 9.17) is 4.42 Å². The molecule has 1 aromatic rings. The van der Waals surface area contributed by atoms with Crippen LogP contribution in [0, 0.1) is 0 Å². The summed E-state index contributed by atoms with van der Waals surface area (Å²) in [5.41, 5.74) is -1.27. The highest BCUT2D eigenvalue weighted by Crippen LogP contribution is 2.22. The molecule has 0 saturated carbocycles. The van der Waals surface area contributed by atoms with Crippen molar-refractivity contribution in [3.8, 4) is 0 Å². The van der Waals surface area contributed by atoms with E-state index in [2.05, 4.69) is 10.1 Å². The van der Waals surface area contributed by atoms with Gasteiger partial charge in [0, 0.05) is 6.92 Å². The first-order valence-electron chi connectivity index (χ1n) is 4.42. The lowest BCUT2D eigenvalue weighted by atomic mass is 9.99. The van der Waals surface area contributed by atoms with Crippen molar-refractivity contribution in [2.45, 2.75) is 19.4 Å². The van der Waals surface area contributed by atoms with Gasteiger partial charge in [-0.05, 0) is 19.1 Å². The van der Waals surface area contributed by atoms with Crippen LogP contribution < -0.4 is 5.32 Å². The van der Waals surface area contributed by atoms with E-state index in [-0.39, 0.29) is 5.91 Å². The standard InChI is InChI=1S/C10H13NO4/c1-7(12)11-10(2,9(13)14-3)8-5-4-6-15-8/h4-6H,1-3H3,(H,11,12). The Kier molecular flexibility index (Phi) is 3.14. The van der Waals surface area contributed by atoms with Crippen molar-refractivity contribution in [3.05, 3.63) is 24.2 Å². The van der Waals surface area contributed by atoms with Gasteiger partial charge < -0.3 is 14.5 Å². The Hall–Kier alpha value is -1.78. The van der Waals surface area contributed by atoms with Crippen LogP contribution in [0.4, 0.5) is 0 Å². The van der Waals surface area contributed by atoms with Crippen LogP contribution in [0.2, 0.25) is 0 Å². The Morgan fingerprint density at radius 2 is 2.20 bits per heavy atom. The maximum atomic E-state index is 11.6. The second kappa shape index (κ2) is 4.16. The maximum Gasteiger partial charge on any atom is 0.339 e. The molecule has 82 valence electrons. The van der Waals surface area contributed by atoms with E-state index in [1.54, 1.807) is 12.1 Å². The van der Waals surface area contributed by atoms with Crippen molar-refractivity contribution in [1.29, 1.82) is 0 Å². The number of esters is 1. The van der Waals surface area contributed by atoms with Crippen LogP contribution in [-0.2, 0) is 19.9 Å². The SMILES string of the molecule is COC(=O)C(C)(NC(C)=O)c1ccco1. The Balaban J connectivity index is 3.06. The normalized spacial score (nSPS) is 14.1. The molecule has 1 atom stereocenters. The maximum absolute atomic E-state index is 11.6. The smallest absolute Gasteiger partial charge is 0.339 e. The van der Waals surface area contributed by atoms with Crippen molar-refractivity contribution >= 4 is 11.9 Å². The third kappa shape index (κ3) is 2.18. The van der Waals surface area contributed by atoms with E-state index in [1.807, 2.05) is 0 Å². The predicted octanol–water partition coefficient (Wildman–Crippen LogP) is 0.804. The summed E-state index contributed by atoms with van der Waals surface area (Å²) in [5, 5.41) is 2.50. The van der Waals surface area contributed by atoms with E-state index >= 15 is 0 Å². The minimum Gasteiger partial charge on any atom is -0.467 e. The molecule has 1 rings (SSSR count). The van der Waals surface area contributed by atoms with Crippen LogP contribution in [-0.4, -0.2) is 19.0 Å². The number of carbonyl (C=O) groups excluding carboxylic acids is 2. The monoisotopic (exact) mass is 211 g/mol. The number of carbonyl (C=O) groups is 2. The van der Waals surface area contributed by atoms with E-state index < -0.39 is 11.5 Å². The summed E-state index contributed by atoms with van der Waals surface area (Å²) in [5.74, 6) is -0.573. The first kappa shape index (κ1) is 11.3. The zero-order chi connectivity index (χ0) is 11.5. The van der Waals surface area contributed by atoms with Gasteiger partial charge in [-0.25, -0.2) is 4.79 Å². The van der Waals surface area contributed by atoms with Crippen molar-refractivity contribution < 1.29 is 18.7 Å². The van der Waals surface area contributed by atoms with E-state index in [1.165, 1.54) is 27.2 Å². The van der Waals surface area contributed by atoms with Gasteiger partial charge >= 0.3 is 5.97 Å². The van der Waals surface area contributed by atoms with Crippen LogP contribution in [0.5, 0.6) is 0 Å². The number of methoxy groups -OCH3 is 1. The highest BCUT2D eigenvalue weighted by atomic mass is 16.5. The summed E-state index contributed by atoms with van der Waals surface area (Å²) in [4.78, 5) is 22.6. The molecule has 0 aromatic carbocycles. The highest BCUT2D eigenvalue weighted by Gasteiger charge is 2.40. The molecule has 15 heavy (non-hydrogen) atoms. The van der Waals surface area contributed by atoms with Crippen LogP contribution >= 0.6 is 0 Å². The predicted molar refractivity (Wildman–Crippen MR) is 51.9 cm³/mol. The summed E-state index contributed by atoms with van der Waals surface area (Å²) in [6, 6.07) is 3.24. The first-order valence-corrected chi connectivity index (χ1v) is 4.42. The fourth-order valence-corrected chi connectivity index (χ4v) is 1.33. The second-order valence-corrected chi connectivity index (χ2v) is 3.28. The summed E-state index contributed by atoms with van der Waals surface area (Å²) < 4.78 is 9.73. The van der Waals surface area contributed by atoms with Crippen molar-refractivity contribution in [3.63, 3.8) is 0 Å². The van der Waals surface area contributed by atoms with Crippen molar-refractivity contribution in [2.75, 3.05) is 7.11 Å². The van der Waals surface area contributed by atoms with Gasteiger partial charge in [-0.3, -0.25) is 4.79 Å². The second-order valence-electron chi connectivity index (χ2n) is 3.28. The molecule has 0 aliphatic carbocycles. The van der Waals surface area contributed by atoms with Gasteiger partial charge in [0.15, 0.2) is 5.54 Å². The number of nitrogens with one attached hydrogen (secondary N) is 1. The van der Waals surface area contributed by atoms with Crippen molar-refractivity contribution in [1.82, 2.24) is 5.32 Å². The lowest BCUT2D eigenvalue weighted by molar-refractivity contribution is -0.151. The molecule has 1 heterocycles. The molecule has 1 aromatic heterocycles. The van der Waals surface area contributed by atoms with Crippen LogP contribution in [0.1, 0.15) is 19.6 Å². The fraction of sp³-hybridized carbons (Fsp3) is 0.400. The minimum absolute atomic E-state index is 0.334. The molecule has 0 radical (unpaired) electrons. The Labute approximate surface area is 87.4 Å². The van der Waals surface area contributed by atoms with E-state index in [0.717, 1.165) is 0 Å². The number of hydrogen-bond acceptors (Lipinski definition) is 4. The van der Waals surface area contributed by atoms with Gasteiger partial charge in [0.1, 0.15) is 5.76 Å². The van der Waals surface area contributed by atoms with Gasteiger partial charge in [-0.2, -0.15) is 0 Å². The topological polar surface area (TPSA) is 68.5 Å². The average Bonchev–Trinajstić information content (AvgIpc) is 2.68. The van der Waals surface area contributed by atoms with Gasteiger partial charge in [-0.1, -0.05) is 0 Å². The van der Waals surface area contributed by atoms with Crippen LogP contribution in [0.25, 0.3) is 0 Å².